The van der Waals surface area contributed by atoms with Crippen LogP contribution in [0.25, 0.3) is 0 Å². The molecule has 2 rings (SSSR count). The molecule has 1 aliphatic rings. The second-order valence-electron chi connectivity index (χ2n) is 5.39. The normalized spacial score (nSPS) is 20.5. The molecule has 3 nitrogen and oxygen atoms in total. The van der Waals surface area contributed by atoms with Gasteiger partial charge in [0.1, 0.15) is 5.82 Å². The molecule has 19 heavy (non-hydrogen) atoms. The molecule has 1 fully saturated rings. The summed E-state index contributed by atoms with van der Waals surface area (Å²) in [6.07, 6.45) is 2.36. The minimum Gasteiger partial charge on any atom is -0.305 e. The highest BCUT2D eigenvalue weighted by Gasteiger charge is 2.21. The molecule has 0 radical (unpaired) electrons. The molecule has 1 aliphatic heterocycles. The van der Waals surface area contributed by atoms with Crippen molar-refractivity contribution in [3.63, 3.8) is 0 Å². The number of likely N-dealkylation sites (tertiary alicyclic amines) is 1. The Hall–Kier alpha value is -1.44. The number of hydrogen-bond acceptors (Lipinski definition) is 3. The van der Waals surface area contributed by atoms with Crippen LogP contribution in [-0.4, -0.2) is 43.0 Å². The van der Waals surface area contributed by atoms with E-state index in [1.54, 1.807) is 12.1 Å². The third-order valence-corrected chi connectivity index (χ3v) is 3.82. The van der Waals surface area contributed by atoms with Crippen molar-refractivity contribution >= 4 is 0 Å². The number of rotatable bonds is 3. The molecule has 4 heteroatoms. The summed E-state index contributed by atoms with van der Waals surface area (Å²) in [7, 11) is 4.17. The molecule has 1 saturated heterocycles. The summed E-state index contributed by atoms with van der Waals surface area (Å²) in [4.78, 5) is 4.53. The molecule has 0 aromatic heterocycles. The van der Waals surface area contributed by atoms with Crippen molar-refractivity contribution in [3.05, 3.63) is 35.1 Å². The van der Waals surface area contributed by atoms with Crippen molar-refractivity contribution in [3.8, 4) is 6.07 Å². The Morgan fingerprint density at radius 3 is 2.95 bits per heavy atom. The number of hydrogen-bond donors (Lipinski definition) is 0. The summed E-state index contributed by atoms with van der Waals surface area (Å²) in [5.74, 6) is -0.282. The van der Waals surface area contributed by atoms with Crippen LogP contribution >= 0.6 is 0 Å². The van der Waals surface area contributed by atoms with Crippen molar-refractivity contribution in [2.45, 2.75) is 25.4 Å². The summed E-state index contributed by atoms with van der Waals surface area (Å²) in [6.45, 7) is 2.78. The van der Waals surface area contributed by atoms with Crippen molar-refractivity contribution < 1.29 is 4.39 Å². The van der Waals surface area contributed by atoms with Crippen LogP contribution in [0.2, 0.25) is 0 Å². The fourth-order valence-corrected chi connectivity index (χ4v) is 2.64. The molecule has 102 valence electrons. The molecule has 1 atom stereocenters. The Bertz CT molecular complexity index is 481. The lowest BCUT2D eigenvalue weighted by atomic mass is 10.0. The molecule has 1 aromatic rings. The van der Waals surface area contributed by atoms with Crippen LogP contribution in [0.3, 0.4) is 0 Å². The average molecular weight is 261 g/mol. The van der Waals surface area contributed by atoms with Gasteiger partial charge in [0.2, 0.25) is 0 Å². The Balaban J connectivity index is 2.02. The maximum Gasteiger partial charge on any atom is 0.129 e. The molecule has 1 heterocycles. The Morgan fingerprint density at radius 2 is 2.32 bits per heavy atom. The number of likely N-dealkylation sites (N-methyl/N-ethyl adjacent to an activating group) is 2. The van der Waals surface area contributed by atoms with Gasteiger partial charge in [-0.1, -0.05) is 6.07 Å². The van der Waals surface area contributed by atoms with E-state index in [0.29, 0.717) is 23.7 Å². The third-order valence-electron chi connectivity index (χ3n) is 3.82. The second kappa shape index (κ2) is 6.14. The van der Waals surface area contributed by atoms with E-state index in [-0.39, 0.29) is 5.82 Å². The first-order valence-electron chi connectivity index (χ1n) is 6.67. The van der Waals surface area contributed by atoms with Gasteiger partial charge in [-0.15, -0.1) is 0 Å². The van der Waals surface area contributed by atoms with Gasteiger partial charge in [0, 0.05) is 24.7 Å². The van der Waals surface area contributed by atoms with Crippen LogP contribution in [0.15, 0.2) is 18.2 Å². The lowest BCUT2D eigenvalue weighted by Crippen LogP contribution is -2.44. The monoisotopic (exact) mass is 261 g/mol. The van der Waals surface area contributed by atoms with Crippen LogP contribution in [0.4, 0.5) is 4.39 Å². The maximum absolute atomic E-state index is 13.9. The molecular weight excluding hydrogens is 241 g/mol. The van der Waals surface area contributed by atoms with Crippen LogP contribution in [0.1, 0.15) is 24.0 Å². The standard InChI is InChI=1S/C15H20FN3/c1-18-7-3-4-14(11-18)19(2)10-13-6-5-12(9-17)8-15(13)16/h5-6,8,14H,3-4,7,10-11H2,1-2H3. The van der Waals surface area contributed by atoms with Crippen LogP contribution in [-0.2, 0) is 6.54 Å². The fraction of sp³-hybridized carbons (Fsp3) is 0.533. The van der Waals surface area contributed by atoms with E-state index in [4.69, 9.17) is 5.26 Å². The van der Waals surface area contributed by atoms with Gasteiger partial charge in [0.05, 0.1) is 11.6 Å². The summed E-state index contributed by atoms with van der Waals surface area (Å²) in [5.41, 5.74) is 1.04. The number of nitriles is 1. The molecule has 0 aliphatic carbocycles. The third kappa shape index (κ3) is 3.52. The first-order valence-corrected chi connectivity index (χ1v) is 6.67. The predicted molar refractivity (Wildman–Crippen MR) is 73.1 cm³/mol. The Labute approximate surface area is 114 Å². The van der Waals surface area contributed by atoms with Gasteiger partial charge in [-0.3, -0.25) is 4.90 Å². The zero-order chi connectivity index (χ0) is 13.8. The molecule has 1 unspecified atom stereocenters. The van der Waals surface area contributed by atoms with Gasteiger partial charge in [0.15, 0.2) is 0 Å². The minimum absolute atomic E-state index is 0.282. The van der Waals surface area contributed by atoms with Gasteiger partial charge in [-0.2, -0.15) is 5.26 Å². The lowest BCUT2D eigenvalue weighted by molar-refractivity contribution is 0.128. The SMILES string of the molecule is CN1CCCC(N(C)Cc2ccc(C#N)cc2F)C1. The summed E-state index contributed by atoms with van der Waals surface area (Å²) in [5, 5.41) is 8.74. The van der Waals surface area contributed by atoms with Crippen LogP contribution in [0, 0.1) is 17.1 Å². The summed E-state index contributed by atoms with van der Waals surface area (Å²) < 4.78 is 13.9. The quantitative estimate of drug-likeness (QED) is 0.836. The minimum atomic E-state index is -0.282. The summed E-state index contributed by atoms with van der Waals surface area (Å²) >= 11 is 0. The van der Waals surface area contributed by atoms with E-state index in [1.807, 2.05) is 13.1 Å². The zero-order valence-corrected chi connectivity index (χ0v) is 11.6. The maximum atomic E-state index is 13.9. The molecule has 0 bridgehead atoms. The number of nitrogens with zero attached hydrogens (tertiary/aromatic N) is 3. The zero-order valence-electron chi connectivity index (χ0n) is 11.6. The molecule has 1 aromatic carbocycles. The lowest BCUT2D eigenvalue weighted by Gasteiger charge is -2.35. The van der Waals surface area contributed by atoms with Gasteiger partial charge < -0.3 is 4.90 Å². The van der Waals surface area contributed by atoms with E-state index in [0.717, 1.165) is 13.1 Å². The largest absolute Gasteiger partial charge is 0.305 e. The van der Waals surface area contributed by atoms with E-state index in [9.17, 15) is 4.39 Å². The van der Waals surface area contributed by atoms with Gasteiger partial charge >= 0.3 is 0 Å². The van der Waals surface area contributed by atoms with Crippen LogP contribution < -0.4 is 0 Å². The van der Waals surface area contributed by atoms with Gasteiger partial charge in [0.25, 0.3) is 0 Å². The second-order valence-corrected chi connectivity index (χ2v) is 5.39. The Morgan fingerprint density at radius 1 is 1.53 bits per heavy atom. The first-order chi connectivity index (χ1) is 9.10. The fourth-order valence-electron chi connectivity index (χ4n) is 2.64. The number of benzene rings is 1. The summed E-state index contributed by atoms with van der Waals surface area (Å²) in [6, 6.07) is 7.15. The molecular formula is C15H20FN3. The highest BCUT2D eigenvalue weighted by atomic mass is 19.1. The number of piperidine rings is 1. The predicted octanol–water partition coefficient (Wildman–Crippen LogP) is 2.22. The van der Waals surface area contributed by atoms with Crippen molar-refractivity contribution in [1.29, 1.82) is 5.26 Å². The highest BCUT2D eigenvalue weighted by molar-refractivity contribution is 5.32. The first kappa shape index (κ1) is 14.0. The molecule has 0 spiro atoms. The highest BCUT2D eigenvalue weighted by Crippen LogP contribution is 2.18. The molecule has 0 N–H and O–H groups in total. The van der Waals surface area contributed by atoms with E-state index < -0.39 is 0 Å². The van der Waals surface area contributed by atoms with Gasteiger partial charge in [-0.05, 0) is 45.6 Å². The average Bonchev–Trinajstić information content (AvgIpc) is 2.41. The van der Waals surface area contributed by atoms with Crippen LogP contribution in [0.5, 0.6) is 0 Å². The van der Waals surface area contributed by atoms with E-state index in [1.165, 1.54) is 18.9 Å². The Kier molecular flexibility index (Phi) is 4.52. The topological polar surface area (TPSA) is 30.3 Å². The van der Waals surface area contributed by atoms with Crippen molar-refractivity contribution in [1.82, 2.24) is 9.80 Å². The van der Waals surface area contributed by atoms with Gasteiger partial charge in [-0.25, -0.2) is 4.39 Å². The van der Waals surface area contributed by atoms with E-state index in [2.05, 4.69) is 16.8 Å². The van der Waals surface area contributed by atoms with Crippen molar-refractivity contribution in [2.24, 2.45) is 0 Å². The molecule has 0 amide bonds. The smallest absolute Gasteiger partial charge is 0.129 e. The van der Waals surface area contributed by atoms with Crippen molar-refractivity contribution in [2.75, 3.05) is 27.2 Å². The van der Waals surface area contributed by atoms with E-state index >= 15 is 0 Å². The number of halogens is 1. The molecule has 0 saturated carbocycles.